The van der Waals surface area contributed by atoms with Crippen LogP contribution < -0.4 is 0 Å². The topological polar surface area (TPSA) is 55.8 Å². The van der Waals surface area contributed by atoms with Gasteiger partial charge in [0.25, 0.3) is 0 Å². The summed E-state index contributed by atoms with van der Waals surface area (Å²) in [5.41, 5.74) is 0. The van der Waals surface area contributed by atoms with Gasteiger partial charge in [0.1, 0.15) is 0 Å². The number of carboxylic acids is 1. The summed E-state index contributed by atoms with van der Waals surface area (Å²) in [6.07, 6.45) is -0.129. The third-order valence-corrected chi connectivity index (χ3v) is 1.51. The molecule has 0 aromatic heterocycles. The summed E-state index contributed by atoms with van der Waals surface area (Å²) in [6, 6.07) is 0. The van der Waals surface area contributed by atoms with E-state index in [2.05, 4.69) is 0 Å². The fourth-order valence-electron chi connectivity index (χ4n) is 0.603. The van der Waals surface area contributed by atoms with Crippen molar-refractivity contribution in [1.82, 2.24) is 0 Å². The number of hydrogen-bond donors (Lipinski definition) is 1. The van der Waals surface area contributed by atoms with Crippen LogP contribution >= 0.6 is 11.6 Å². The molecule has 0 rings (SSSR count). The first-order valence-corrected chi connectivity index (χ1v) is 3.99. The monoisotopic (exact) mass is 196 g/mol. The molecule has 0 fully saturated rings. The maximum Gasteiger partial charge on any atom is 0.324 e. The van der Waals surface area contributed by atoms with E-state index in [0.29, 0.717) is 6.61 Å². The summed E-state index contributed by atoms with van der Waals surface area (Å²) in [7, 11) is 1.55. The van der Waals surface area contributed by atoms with Crippen LogP contribution in [0.4, 0.5) is 0 Å². The molecule has 4 nitrogen and oxygen atoms in total. The lowest BCUT2D eigenvalue weighted by Gasteiger charge is -2.12. The summed E-state index contributed by atoms with van der Waals surface area (Å²) in [4.78, 5) is 10.2. The minimum atomic E-state index is -1.07. The third-order valence-electron chi connectivity index (χ3n) is 1.20. The zero-order valence-electron chi connectivity index (χ0n) is 7.12. The Balaban J connectivity index is 3.46. The van der Waals surface area contributed by atoms with Crippen molar-refractivity contribution in [2.24, 2.45) is 0 Å². The summed E-state index contributed by atoms with van der Waals surface area (Å²) in [6.45, 7) is 2.22. The van der Waals surface area contributed by atoms with Gasteiger partial charge in [-0.15, -0.1) is 11.6 Å². The summed E-state index contributed by atoms with van der Waals surface area (Å²) in [5.74, 6) is -1.07. The van der Waals surface area contributed by atoms with Crippen LogP contribution in [0.3, 0.4) is 0 Å². The molecular weight excluding hydrogens is 184 g/mol. The predicted molar refractivity (Wildman–Crippen MR) is 44.6 cm³/mol. The number of ether oxygens (including phenoxy) is 2. The van der Waals surface area contributed by atoms with Crippen molar-refractivity contribution >= 4 is 17.6 Å². The van der Waals surface area contributed by atoms with Crippen molar-refractivity contribution in [3.8, 4) is 0 Å². The SMILES string of the molecule is COCC(C)OCC(Cl)C(=O)O. The molecule has 0 heterocycles. The van der Waals surface area contributed by atoms with Crippen molar-refractivity contribution in [1.29, 1.82) is 0 Å². The van der Waals surface area contributed by atoms with Crippen molar-refractivity contribution in [2.45, 2.75) is 18.4 Å². The molecular formula is C7H13ClO4. The van der Waals surface area contributed by atoms with Crippen LogP contribution in [0.5, 0.6) is 0 Å². The number of methoxy groups -OCH3 is 1. The Morgan fingerprint density at radius 1 is 1.58 bits per heavy atom. The van der Waals surface area contributed by atoms with Gasteiger partial charge in [-0.05, 0) is 6.92 Å². The smallest absolute Gasteiger partial charge is 0.324 e. The second kappa shape index (κ2) is 6.22. The maximum absolute atomic E-state index is 10.2. The first-order chi connectivity index (χ1) is 5.57. The molecule has 0 amide bonds. The van der Waals surface area contributed by atoms with Gasteiger partial charge in [-0.2, -0.15) is 0 Å². The van der Waals surface area contributed by atoms with E-state index in [1.807, 2.05) is 0 Å². The van der Waals surface area contributed by atoms with E-state index in [9.17, 15) is 4.79 Å². The van der Waals surface area contributed by atoms with Crippen LogP contribution in [0.1, 0.15) is 6.92 Å². The lowest BCUT2D eigenvalue weighted by Crippen LogP contribution is -2.24. The van der Waals surface area contributed by atoms with Crippen LogP contribution in [-0.2, 0) is 14.3 Å². The number of halogens is 1. The molecule has 2 atom stereocenters. The Hall–Kier alpha value is -0.320. The van der Waals surface area contributed by atoms with E-state index < -0.39 is 11.3 Å². The minimum absolute atomic E-state index is 0.00140. The average molecular weight is 197 g/mol. The number of alkyl halides is 1. The van der Waals surface area contributed by atoms with E-state index in [4.69, 9.17) is 26.2 Å². The largest absolute Gasteiger partial charge is 0.480 e. The normalized spacial score (nSPS) is 15.6. The molecule has 0 spiro atoms. The van der Waals surface area contributed by atoms with Gasteiger partial charge in [0.05, 0.1) is 19.3 Å². The molecule has 0 aliphatic heterocycles. The molecule has 0 saturated heterocycles. The van der Waals surface area contributed by atoms with E-state index >= 15 is 0 Å². The summed E-state index contributed by atoms with van der Waals surface area (Å²) >= 11 is 5.39. The van der Waals surface area contributed by atoms with Gasteiger partial charge in [-0.25, -0.2) is 0 Å². The molecule has 0 aliphatic rings. The van der Waals surface area contributed by atoms with Crippen molar-refractivity contribution < 1.29 is 19.4 Å². The third kappa shape index (κ3) is 5.35. The van der Waals surface area contributed by atoms with Crippen molar-refractivity contribution in [3.05, 3.63) is 0 Å². The maximum atomic E-state index is 10.2. The second-order valence-corrected chi connectivity index (χ2v) is 2.93. The number of carbonyl (C=O) groups is 1. The Kier molecular flexibility index (Phi) is 6.06. The number of aliphatic carboxylic acids is 1. The highest BCUT2D eigenvalue weighted by Gasteiger charge is 2.14. The molecule has 1 N–H and O–H groups in total. The lowest BCUT2D eigenvalue weighted by molar-refractivity contribution is -0.138. The van der Waals surface area contributed by atoms with E-state index in [0.717, 1.165) is 0 Å². The molecule has 0 radical (unpaired) electrons. The summed E-state index contributed by atoms with van der Waals surface area (Å²) in [5, 5.41) is 7.40. The van der Waals surface area contributed by atoms with Gasteiger partial charge in [0.2, 0.25) is 0 Å². The quantitative estimate of drug-likeness (QED) is 0.637. The number of carboxylic acid groups (broad SMARTS) is 1. The highest BCUT2D eigenvalue weighted by molar-refractivity contribution is 6.29. The van der Waals surface area contributed by atoms with Gasteiger partial charge in [0, 0.05) is 7.11 Å². The van der Waals surface area contributed by atoms with E-state index in [1.54, 1.807) is 14.0 Å². The molecule has 0 bridgehead atoms. The van der Waals surface area contributed by atoms with E-state index in [1.165, 1.54) is 0 Å². The Bertz CT molecular complexity index is 139. The van der Waals surface area contributed by atoms with Crippen LogP contribution in [0.2, 0.25) is 0 Å². The molecule has 0 aliphatic carbocycles. The Labute approximate surface area is 76.4 Å². The molecule has 2 unspecified atom stereocenters. The first-order valence-electron chi connectivity index (χ1n) is 3.55. The highest BCUT2D eigenvalue weighted by atomic mass is 35.5. The predicted octanol–water partition coefficient (Wildman–Crippen LogP) is 0.730. The van der Waals surface area contributed by atoms with Gasteiger partial charge < -0.3 is 14.6 Å². The van der Waals surface area contributed by atoms with Crippen LogP contribution in [0, 0.1) is 0 Å². The standard InChI is InChI=1S/C7H13ClO4/c1-5(3-11-2)12-4-6(8)7(9)10/h5-6H,3-4H2,1-2H3,(H,9,10). The molecule has 0 saturated carbocycles. The molecule has 12 heavy (non-hydrogen) atoms. The zero-order valence-corrected chi connectivity index (χ0v) is 7.87. The molecule has 5 heteroatoms. The van der Waals surface area contributed by atoms with Gasteiger partial charge in [0.15, 0.2) is 5.38 Å². The fraction of sp³-hybridized carbons (Fsp3) is 0.857. The van der Waals surface area contributed by atoms with Crippen LogP contribution in [0.15, 0.2) is 0 Å². The summed E-state index contributed by atoms with van der Waals surface area (Å²) < 4.78 is 9.85. The molecule has 0 aromatic rings. The first kappa shape index (κ1) is 11.7. The van der Waals surface area contributed by atoms with Gasteiger partial charge in [-0.3, -0.25) is 4.79 Å². The Morgan fingerprint density at radius 2 is 2.17 bits per heavy atom. The van der Waals surface area contributed by atoms with Crippen molar-refractivity contribution in [2.75, 3.05) is 20.3 Å². The lowest BCUT2D eigenvalue weighted by atomic mass is 10.4. The molecule has 72 valence electrons. The molecule has 0 aromatic carbocycles. The van der Waals surface area contributed by atoms with Crippen LogP contribution in [-0.4, -0.2) is 42.9 Å². The number of rotatable bonds is 6. The minimum Gasteiger partial charge on any atom is -0.480 e. The van der Waals surface area contributed by atoms with Crippen molar-refractivity contribution in [3.63, 3.8) is 0 Å². The van der Waals surface area contributed by atoms with Gasteiger partial charge >= 0.3 is 5.97 Å². The highest BCUT2D eigenvalue weighted by Crippen LogP contribution is 1.99. The fourth-order valence-corrected chi connectivity index (χ4v) is 0.676. The van der Waals surface area contributed by atoms with Gasteiger partial charge in [-0.1, -0.05) is 0 Å². The second-order valence-electron chi connectivity index (χ2n) is 2.41. The Morgan fingerprint density at radius 3 is 2.58 bits per heavy atom. The number of hydrogen-bond acceptors (Lipinski definition) is 3. The van der Waals surface area contributed by atoms with Crippen LogP contribution in [0.25, 0.3) is 0 Å². The van der Waals surface area contributed by atoms with E-state index in [-0.39, 0.29) is 12.7 Å². The zero-order chi connectivity index (χ0) is 9.56. The average Bonchev–Trinajstić information content (AvgIpc) is 2.00.